The molecule has 3 unspecified atom stereocenters. The highest BCUT2D eigenvalue weighted by atomic mass is 16.3. The van der Waals surface area contributed by atoms with Gasteiger partial charge in [-0.1, -0.05) is 19.3 Å². The van der Waals surface area contributed by atoms with Crippen LogP contribution in [0.15, 0.2) is 0 Å². The molecule has 1 amide bonds. The summed E-state index contributed by atoms with van der Waals surface area (Å²) in [6, 6.07) is 0.323. The molecule has 0 bridgehead atoms. The first kappa shape index (κ1) is 12.8. The lowest BCUT2D eigenvalue weighted by Crippen LogP contribution is -2.47. The molecule has 0 aromatic heterocycles. The highest BCUT2D eigenvalue weighted by Gasteiger charge is 2.25. The Morgan fingerprint density at radius 2 is 1.94 bits per heavy atom. The van der Waals surface area contributed by atoms with Gasteiger partial charge in [-0.15, -0.1) is 0 Å². The molecular weight excluding hydrogens is 216 g/mol. The summed E-state index contributed by atoms with van der Waals surface area (Å²) in [5.41, 5.74) is 0. The topological polar surface area (TPSA) is 61.4 Å². The van der Waals surface area contributed by atoms with Crippen molar-refractivity contribution in [3.05, 3.63) is 0 Å². The van der Waals surface area contributed by atoms with E-state index in [-0.39, 0.29) is 18.1 Å². The zero-order valence-corrected chi connectivity index (χ0v) is 10.5. The van der Waals surface area contributed by atoms with Crippen molar-refractivity contribution in [2.24, 2.45) is 0 Å². The quantitative estimate of drug-likeness (QED) is 0.688. The SMILES string of the molecule is O=C(CC1CCCCN1)NC1CCCCC1O. The van der Waals surface area contributed by atoms with E-state index in [1.54, 1.807) is 0 Å². The van der Waals surface area contributed by atoms with Crippen LogP contribution in [0.25, 0.3) is 0 Å². The minimum absolute atomic E-state index is 0.0140. The van der Waals surface area contributed by atoms with Crippen molar-refractivity contribution in [3.8, 4) is 0 Å². The summed E-state index contributed by atoms with van der Waals surface area (Å²) in [5, 5.41) is 16.2. The third-order valence-electron chi connectivity index (χ3n) is 3.92. The van der Waals surface area contributed by atoms with Gasteiger partial charge in [0.05, 0.1) is 12.1 Å². The van der Waals surface area contributed by atoms with Crippen molar-refractivity contribution in [2.45, 2.75) is 69.6 Å². The molecule has 2 rings (SSSR count). The lowest BCUT2D eigenvalue weighted by molar-refractivity contribution is -0.123. The summed E-state index contributed by atoms with van der Waals surface area (Å²) in [4.78, 5) is 11.9. The third-order valence-corrected chi connectivity index (χ3v) is 3.92. The smallest absolute Gasteiger partial charge is 0.221 e. The Hall–Kier alpha value is -0.610. The first-order valence-electron chi connectivity index (χ1n) is 6.96. The van der Waals surface area contributed by atoms with Gasteiger partial charge in [-0.25, -0.2) is 0 Å². The van der Waals surface area contributed by atoms with Gasteiger partial charge in [0.1, 0.15) is 0 Å². The molecule has 0 aromatic rings. The van der Waals surface area contributed by atoms with E-state index >= 15 is 0 Å². The molecule has 1 aliphatic heterocycles. The number of nitrogens with one attached hydrogen (secondary N) is 2. The number of hydrogen-bond acceptors (Lipinski definition) is 3. The van der Waals surface area contributed by atoms with Gasteiger partial charge >= 0.3 is 0 Å². The summed E-state index contributed by atoms with van der Waals surface area (Å²) >= 11 is 0. The first-order chi connectivity index (χ1) is 8.25. The number of rotatable bonds is 3. The molecule has 1 saturated heterocycles. The molecule has 1 heterocycles. The second-order valence-electron chi connectivity index (χ2n) is 5.38. The fourth-order valence-electron chi connectivity index (χ4n) is 2.87. The van der Waals surface area contributed by atoms with E-state index in [0.717, 1.165) is 38.6 Å². The molecule has 3 atom stereocenters. The number of amides is 1. The number of aliphatic hydroxyl groups is 1. The Bertz CT molecular complexity index is 252. The van der Waals surface area contributed by atoms with E-state index in [4.69, 9.17) is 0 Å². The molecule has 0 aromatic carbocycles. The minimum Gasteiger partial charge on any atom is -0.391 e. The lowest BCUT2D eigenvalue weighted by Gasteiger charge is -2.29. The Balaban J connectivity index is 1.72. The minimum atomic E-state index is -0.341. The van der Waals surface area contributed by atoms with E-state index < -0.39 is 0 Å². The van der Waals surface area contributed by atoms with E-state index in [1.165, 1.54) is 12.8 Å². The fraction of sp³-hybridized carbons (Fsp3) is 0.923. The predicted octanol–water partition coefficient (Wildman–Crippen LogP) is 0.938. The van der Waals surface area contributed by atoms with Crippen molar-refractivity contribution in [1.29, 1.82) is 0 Å². The summed E-state index contributed by atoms with van der Waals surface area (Å²) in [6.45, 7) is 1.03. The van der Waals surface area contributed by atoms with Gasteiger partial charge in [-0.2, -0.15) is 0 Å². The Morgan fingerprint density at radius 1 is 1.18 bits per heavy atom. The average molecular weight is 240 g/mol. The number of carbonyl (C=O) groups excluding carboxylic acids is 1. The van der Waals surface area contributed by atoms with Crippen LogP contribution in [0.4, 0.5) is 0 Å². The lowest BCUT2D eigenvalue weighted by atomic mass is 9.92. The fourth-order valence-corrected chi connectivity index (χ4v) is 2.87. The monoisotopic (exact) mass is 240 g/mol. The van der Waals surface area contributed by atoms with E-state index in [9.17, 15) is 9.90 Å². The first-order valence-corrected chi connectivity index (χ1v) is 6.96. The van der Waals surface area contributed by atoms with Gasteiger partial charge in [0, 0.05) is 12.5 Å². The normalized spacial score (nSPS) is 34.3. The van der Waals surface area contributed by atoms with Crippen LogP contribution in [0.3, 0.4) is 0 Å². The van der Waals surface area contributed by atoms with Crippen molar-refractivity contribution in [2.75, 3.05) is 6.54 Å². The van der Waals surface area contributed by atoms with Crippen LogP contribution in [0.5, 0.6) is 0 Å². The molecule has 2 aliphatic rings. The van der Waals surface area contributed by atoms with Gasteiger partial charge in [-0.05, 0) is 32.2 Å². The Morgan fingerprint density at radius 3 is 2.65 bits per heavy atom. The van der Waals surface area contributed by atoms with E-state index in [2.05, 4.69) is 10.6 Å². The summed E-state index contributed by atoms with van der Waals surface area (Å²) in [6.07, 6.45) is 7.70. The number of carbonyl (C=O) groups is 1. The molecule has 1 saturated carbocycles. The van der Waals surface area contributed by atoms with Gasteiger partial charge in [0.2, 0.25) is 5.91 Å². The van der Waals surface area contributed by atoms with Gasteiger partial charge in [-0.3, -0.25) is 4.79 Å². The number of hydrogen-bond donors (Lipinski definition) is 3. The van der Waals surface area contributed by atoms with Crippen LogP contribution in [0.1, 0.15) is 51.4 Å². The number of aliphatic hydroxyl groups excluding tert-OH is 1. The highest BCUT2D eigenvalue weighted by Crippen LogP contribution is 2.18. The maximum absolute atomic E-state index is 11.9. The predicted molar refractivity (Wildman–Crippen MR) is 66.7 cm³/mol. The average Bonchev–Trinajstić information content (AvgIpc) is 2.33. The maximum Gasteiger partial charge on any atom is 0.221 e. The van der Waals surface area contributed by atoms with Crippen LogP contribution >= 0.6 is 0 Å². The van der Waals surface area contributed by atoms with Crippen LogP contribution < -0.4 is 10.6 Å². The van der Waals surface area contributed by atoms with Crippen molar-refractivity contribution in [1.82, 2.24) is 10.6 Å². The van der Waals surface area contributed by atoms with Crippen LogP contribution in [-0.2, 0) is 4.79 Å². The largest absolute Gasteiger partial charge is 0.391 e. The highest BCUT2D eigenvalue weighted by molar-refractivity contribution is 5.77. The van der Waals surface area contributed by atoms with Gasteiger partial charge < -0.3 is 15.7 Å². The zero-order chi connectivity index (χ0) is 12.1. The standard InChI is InChI=1S/C13H24N2O2/c16-12-7-2-1-6-11(12)15-13(17)9-10-5-3-4-8-14-10/h10-12,14,16H,1-9H2,(H,15,17). The van der Waals surface area contributed by atoms with Crippen LogP contribution in [0.2, 0.25) is 0 Å². The molecule has 3 N–H and O–H groups in total. The molecule has 1 aliphatic carbocycles. The van der Waals surface area contributed by atoms with Crippen LogP contribution in [0, 0.1) is 0 Å². The zero-order valence-electron chi connectivity index (χ0n) is 10.5. The van der Waals surface area contributed by atoms with E-state index in [0.29, 0.717) is 12.5 Å². The molecule has 0 spiro atoms. The second kappa shape index (κ2) is 6.36. The molecule has 4 heteroatoms. The Labute approximate surface area is 103 Å². The maximum atomic E-state index is 11.9. The molecule has 2 fully saturated rings. The van der Waals surface area contributed by atoms with Gasteiger partial charge in [0.25, 0.3) is 0 Å². The summed E-state index contributed by atoms with van der Waals surface area (Å²) < 4.78 is 0. The van der Waals surface area contributed by atoms with E-state index in [1.807, 2.05) is 0 Å². The Kier molecular flexibility index (Phi) is 4.80. The van der Waals surface area contributed by atoms with Gasteiger partial charge in [0.15, 0.2) is 0 Å². The summed E-state index contributed by atoms with van der Waals surface area (Å²) in [7, 11) is 0. The number of piperidine rings is 1. The van der Waals surface area contributed by atoms with Crippen molar-refractivity contribution >= 4 is 5.91 Å². The van der Waals surface area contributed by atoms with Crippen molar-refractivity contribution < 1.29 is 9.90 Å². The molecular formula is C13H24N2O2. The molecule has 17 heavy (non-hydrogen) atoms. The van der Waals surface area contributed by atoms with Crippen LogP contribution in [-0.4, -0.2) is 35.7 Å². The molecule has 0 radical (unpaired) electrons. The molecule has 4 nitrogen and oxygen atoms in total. The van der Waals surface area contributed by atoms with Crippen molar-refractivity contribution in [3.63, 3.8) is 0 Å². The summed E-state index contributed by atoms with van der Waals surface area (Å²) in [5.74, 6) is 0.0929. The second-order valence-corrected chi connectivity index (χ2v) is 5.38. The molecule has 98 valence electrons. The third kappa shape index (κ3) is 3.96.